The summed E-state index contributed by atoms with van der Waals surface area (Å²) in [6.07, 6.45) is 20.5. The first-order valence-corrected chi connectivity index (χ1v) is 10.8. The smallest absolute Gasteiger partial charge is 0.450 e. The molecule has 2 aliphatic carbocycles. The van der Waals surface area contributed by atoms with Crippen LogP contribution in [0.25, 0.3) is 0 Å². The van der Waals surface area contributed by atoms with Gasteiger partial charge in [0.25, 0.3) is 0 Å². The van der Waals surface area contributed by atoms with Crippen LogP contribution in [0.2, 0.25) is 0 Å². The first-order valence-electron chi connectivity index (χ1n) is 9.62. The van der Waals surface area contributed by atoms with E-state index in [2.05, 4.69) is 25.0 Å². The van der Waals surface area contributed by atoms with Crippen LogP contribution in [0, 0.1) is 75.0 Å². The quantitative estimate of drug-likeness (QED) is 0.490. The average Bonchev–Trinajstić information content (AvgIpc) is 3.49. The van der Waals surface area contributed by atoms with Gasteiger partial charge in [0.2, 0.25) is 0 Å². The van der Waals surface area contributed by atoms with Crippen molar-refractivity contribution in [2.24, 2.45) is 0 Å². The van der Waals surface area contributed by atoms with E-state index in [1.165, 1.54) is 0 Å². The van der Waals surface area contributed by atoms with Gasteiger partial charge in [-0.05, 0) is 100 Å². The molecule has 4 nitrogen and oxygen atoms in total. The van der Waals surface area contributed by atoms with Crippen molar-refractivity contribution in [3.63, 3.8) is 0 Å². The molecule has 0 aromatic heterocycles. The minimum Gasteiger partial charge on any atom is -0.450 e. The Kier molecular flexibility index (Phi) is 10.6. The van der Waals surface area contributed by atoms with Gasteiger partial charge in [-0.25, -0.2) is 4.79 Å². The van der Waals surface area contributed by atoms with E-state index in [0.717, 1.165) is 33.1 Å². The molecule has 10 radical (unpaired) electrons. The van der Waals surface area contributed by atoms with Crippen LogP contribution in [0.3, 0.4) is 0 Å². The Morgan fingerprint density at radius 2 is 1.77 bits per heavy atom. The van der Waals surface area contributed by atoms with Gasteiger partial charge in [0, 0.05) is 23.9 Å². The molecule has 1 aliphatic heterocycles. The zero-order valence-corrected chi connectivity index (χ0v) is 19.0. The fourth-order valence-corrected chi connectivity index (χ4v) is 4.12. The van der Waals surface area contributed by atoms with Gasteiger partial charge >= 0.3 is 23.2 Å². The Hall–Kier alpha value is -1.15. The van der Waals surface area contributed by atoms with Gasteiger partial charge in [0.15, 0.2) is 0 Å². The number of thioether (sulfide) groups is 1. The molecule has 0 bridgehead atoms. The van der Waals surface area contributed by atoms with Crippen molar-refractivity contribution < 1.29 is 26.6 Å². The third kappa shape index (κ3) is 5.96. The van der Waals surface area contributed by atoms with Crippen LogP contribution in [0.4, 0.5) is 4.79 Å². The number of hydrogen-bond acceptors (Lipinski definition) is 4. The number of carbonyl (C=O) groups is 1. The van der Waals surface area contributed by atoms with Crippen LogP contribution >= 0.6 is 11.8 Å². The molecule has 1 heterocycles. The van der Waals surface area contributed by atoms with Crippen molar-refractivity contribution in [2.75, 3.05) is 19.4 Å². The first kappa shape index (κ1) is 25.1. The summed E-state index contributed by atoms with van der Waals surface area (Å²) < 4.78 is 5.15. The summed E-state index contributed by atoms with van der Waals surface area (Å²) in [7, 11) is 0. The number of amides is 1. The van der Waals surface area contributed by atoms with E-state index >= 15 is 0 Å². The van der Waals surface area contributed by atoms with Crippen LogP contribution in [0.1, 0.15) is 29.2 Å². The number of benzene rings is 1. The molecule has 2 saturated carbocycles. The molecule has 3 aliphatic rings. The van der Waals surface area contributed by atoms with E-state index in [9.17, 15) is 10.1 Å². The summed E-state index contributed by atoms with van der Waals surface area (Å²) in [5.74, 6) is 1.12. The molecular formula is C24H24FeN2O2S+2. The fourth-order valence-electron chi connectivity index (χ4n) is 3.51. The zero-order valence-electron chi connectivity index (χ0n) is 17.1. The van der Waals surface area contributed by atoms with Crippen molar-refractivity contribution in [3.05, 3.63) is 92.0 Å². The number of rotatable bonds is 3. The summed E-state index contributed by atoms with van der Waals surface area (Å²) in [5.41, 5.74) is 3.99. The molecule has 30 heavy (non-hydrogen) atoms. The number of carbonyl (C=O) groups excluding carboxylic acids is 1. The van der Waals surface area contributed by atoms with Crippen LogP contribution in [0.15, 0.2) is 11.0 Å². The molecule has 0 spiro atoms. The number of fused-ring (bicyclic) bond motifs is 1. The number of hydrogen-bond donors (Lipinski definition) is 0. The standard InChI is InChI=1S/C19H19N2O2S.C5H5.Fe/c1-3-23-19(22)21-9-8-14-16(11-20)18(24-2)10-15(17(14)12-21)13-6-4-5-7-13;1-2-4-5-3-1;/h4-7,10H,3,8-9,12H2,1-2H3;1-5H;/q;;+2. The molecule has 0 unspecified atom stereocenters. The van der Waals surface area contributed by atoms with Gasteiger partial charge in [0.05, 0.1) is 12.2 Å². The number of ether oxygens (including phenoxy) is 1. The molecular weight excluding hydrogens is 436 g/mol. The SMILES string of the molecule is CCOC(=O)N1CCc2c(C#N)c(SC)cc([C]3[CH][CH][CH][CH]3)c2C1.[CH]1[CH][CH][CH][CH]1.[Fe+2]. The molecule has 0 saturated heterocycles. The monoisotopic (exact) mass is 460 g/mol. The maximum absolute atomic E-state index is 12.1. The van der Waals surface area contributed by atoms with Crippen LogP contribution in [-0.2, 0) is 34.8 Å². The molecule has 1 aromatic rings. The number of nitriles is 1. The molecule has 0 atom stereocenters. The van der Waals surface area contributed by atoms with Gasteiger partial charge in [0.1, 0.15) is 6.07 Å². The Bertz CT molecular complexity index is 745. The van der Waals surface area contributed by atoms with E-state index < -0.39 is 0 Å². The second kappa shape index (κ2) is 12.6. The van der Waals surface area contributed by atoms with Gasteiger partial charge in [-0.15, -0.1) is 11.8 Å². The van der Waals surface area contributed by atoms with E-state index in [-0.39, 0.29) is 23.2 Å². The summed E-state index contributed by atoms with van der Waals surface area (Å²) in [5, 5.41) is 9.62. The fraction of sp³-hybridized carbons (Fsp3) is 0.250. The maximum Gasteiger partial charge on any atom is 2.00 e. The third-order valence-electron chi connectivity index (χ3n) is 4.88. The van der Waals surface area contributed by atoms with E-state index in [4.69, 9.17) is 4.74 Å². The molecule has 1 aromatic carbocycles. The Labute approximate surface area is 196 Å². The van der Waals surface area contributed by atoms with Crippen molar-refractivity contribution in [3.8, 4) is 6.07 Å². The molecule has 1 amide bonds. The van der Waals surface area contributed by atoms with Crippen LogP contribution in [-0.4, -0.2) is 30.4 Å². The van der Waals surface area contributed by atoms with Gasteiger partial charge in [-0.3, -0.25) is 0 Å². The Morgan fingerprint density at radius 1 is 1.13 bits per heavy atom. The van der Waals surface area contributed by atoms with Gasteiger partial charge in [-0.1, -0.05) is 0 Å². The van der Waals surface area contributed by atoms with Gasteiger partial charge in [-0.2, -0.15) is 5.26 Å². The second-order valence-corrected chi connectivity index (χ2v) is 7.42. The Balaban J connectivity index is 0.000000468. The summed E-state index contributed by atoms with van der Waals surface area (Å²) >= 11 is 1.59. The van der Waals surface area contributed by atoms with E-state index in [1.54, 1.807) is 16.7 Å². The van der Waals surface area contributed by atoms with E-state index in [1.807, 2.05) is 58.1 Å². The predicted octanol–water partition coefficient (Wildman–Crippen LogP) is 4.57. The van der Waals surface area contributed by atoms with Crippen LogP contribution < -0.4 is 0 Å². The third-order valence-corrected chi connectivity index (χ3v) is 5.64. The van der Waals surface area contributed by atoms with Gasteiger partial charge < -0.3 is 9.64 Å². The number of nitrogens with zero attached hydrogens (tertiary/aromatic N) is 2. The predicted molar refractivity (Wildman–Crippen MR) is 115 cm³/mol. The van der Waals surface area contributed by atoms with Crippen molar-refractivity contribution in [1.29, 1.82) is 5.26 Å². The summed E-state index contributed by atoms with van der Waals surface area (Å²) in [6.45, 7) is 3.24. The maximum atomic E-state index is 12.1. The first-order chi connectivity index (χ1) is 14.2. The van der Waals surface area contributed by atoms with Crippen molar-refractivity contribution in [2.45, 2.75) is 24.8 Å². The summed E-state index contributed by atoms with van der Waals surface area (Å²) in [6, 6.07) is 4.44. The zero-order chi connectivity index (χ0) is 20.6. The molecule has 154 valence electrons. The van der Waals surface area contributed by atoms with E-state index in [0.29, 0.717) is 26.1 Å². The molecule has 4 rings (SSSR count). The van der Waals surface area contributed by atoms with Crippen molar-refractivity contribution >= 4 is 17.9 Å². The van der Waals surface area contributed by atoms with Crippen LogP contribution in [0.5, 0.6) is 0 Å². The minimum atomic E-state index is -0.288. The topological polar surface area (TPSA) is 53.3 Å². The normalized spacial score (nSPS) is 18.0. The average molecular weight is 460 g/mol. The molecule has 0 N–H and O–H groups in total. The molecule has 2 fully saturated rings. The Morgan fingerprint density at radius 3 is 2.30 bits per heavy atom. The molecule has 6 heteroatoms. The minimum absolute atomic E-state index is 0. The van der Waals surface area contributed by atoms with Crippen molar-refractivity contribution in [1.82, 2.24) is 4.90 Å². The second-order valence-electron chi connectivity index (χ2n) is 6.58. The largest absolute Gasteiger partial charge is 2.00 e. The summed E-state index contributed by atoms with van der Waals surface area (Å²) in [4.78, 5) is 14.8.